The number of fused-ring (bicyclic) bond motifs is 1. The maximum atomic E-state index is 12.3. The summed E-state index contributed by atoms with van der Waals surface area (Å²) in [5.74, 6) is 1.64. The average molecular weight is 455 g/mol. The highest BCUT2D eigenvalue weighted by atomic mass is 16.5. The Morgan fingerprint density at radius 2 is 1.62 bits per heavy atom. The lowest BCUT2D eigenvalue weighted by Gasteiger charge is -2.11. The van der Waals surface area contributed by atoms with Crippen molar-refractivity contribution in [3.63, 3.8) is 0 Å². The maximum absolute atomic E-state index is 12.3. The largest absolute Gasteiger partial charge is 0.493 e. The van der Waals surface area contributed by atoms with Crippen LogP contribution in [-0.4, -0.2) is 26.3 Å². The fourth-order valence-electron chi connectivity index (χ4n) is 3.68. The standard InChI is InChI=1S/C28H26N2O4/c1-32-26-15-14-20(16-27(26)33-2)17-28(31)30-29-18-22-9-4-6-13-25(22)34-19-23-11-7-10-21-8-3-5-12-24(21)23/h3-16,18H,17,19H2,1-2H3,(H,30,31)/b29-18+. The van der Waals surface area contributed by atoms with Gasteiger partial charge in [-0.3, -0.25) is 4.79 Å². The molecule has 0 fully saturated rings. The molecule has 0 aliphatic rings. The number of benzene rings is 4. The molecule has 0 spiro atoms. The summed E-state index contributed by atoms with van der Waals surface area (Å²) < 4.78 is 16.6. The first-order valence-corrected chi connectivity index (χ1v) is 10.9. The Bertz CT molecular complexity index is 1310. The summed E-state index contributed by atoms with van der Waals surface area (Å²) in [6.07, 6.45) is 1.75. The third kappa shape index (κ3) is 5.53. The summed E-state index contributed by atoms with van der Waals surface area (Å²) in [5, 5.41) is 6.46. The van der Waals surface area contributed by atoms with Gasteiger partial charge in [0.25, 0.3) is 0 Å². The Hall–Kier alpha value is -4.32. The average Bonchev–Trinajstić information content (AvgIpc) is 2.88. The monoisotopic (exact) mass is 454 g/mol. The molecule has 34 heavy (non-hydrogen) atoms. The molecule has 4 aromatic rings. The molecule has 0 saturated heterocycles. The van der Waals surface area contributed by atoms with Gasteiger partial charge < -0.3 is 14.2 Å². The Kier molecular flexibility index (Phi) is 7.40. The number of para-hydroxylation sites is 1. The number of hydrogen-bond donors (Lipinski definition) is 1. The lowest BCUT2D eigenvalue weighted by Crippen LogP contribution is -2.19. The van der Waals surface area contributed by atoms with Crippen molar-refractivity contribution in [2.45, 2.75) is 13.0 Å². The first-order valence-electron chi connectivity index (χ1n) is 10.9. The summed E-state index contributed by atoms with van der Waals surface area (Å²) in [6.45, 7) is 0.428. The molecule has 0 radical (unpaired) electrons. The number of hydrogen-bond acceptors (Lipinski definition) is 5. The Morgan fingerprint density at radius 1 is 0.853 bits per heavy atom. The number of nitrogens with one attached hydrogen (secondary N) is 1. The van der Waals surface area contributed by atoms with E-state index in [2.05, 4.69) is 34.8 Å². The minimum absolute atomic E-state index is 0.164. The minimum atomic E-state index is -0.238. The predicted octanol–water partition coefficient (Wildman–Crippen LogP) is 5.13. The van der Waals surface area contributed by atoms with Crippen molar-refractivity contribution < 1.29 is 19.0 Å². The molecule has 172 valence electrons. The highest BCUT2D eigenvalue weighted by molar-refractivity contribution is 5.86. The van der Waals surface area contributed by atoms with Crippen LogP contribution < -0.4 is 19.6 Å². The molecule has 0 aliphatic heterocycles. The molecule has 0 atom stereocenters. The van der Waals surface area contributed by atoms with Crippen LogP contribution in [-0.2, 0) is 17.8 Å². The van der Waals surface area contributed by atoms with Gasteiger partial charge in [0.15, 0.2) is 11.5 Å². The van der Waals surface area contributed by atoms with Crippen molar-refractivity contribution in [3.8, 4) is 17.2 Å². The second-order valence-electron chi connectivity index (χ2n) is 7.62. The molecule has 0 aliphatic carbocycles. The fourth-order valence-corrected chi connectivity index (χ4v) is 3.68. The van der Waals surface area contributed by atoms with Crippen molar-refractivity contribution in [1.29, 1.82) is 0 Å². The molecule has 6 nitrogen and oxygen atoms in total. The Morgan fingerprint density at radius 3 is 2.47 bits per heavy atom. The molecule has 1 N–H and O–H groups in total. The van der Waals surface area contributed by atoms with Crippen molar-refractivity contribution in [3.05, 3.63) is 102 Å². The fraction of sp³-hybridized carbons (Fsp3) is 0.143. The smallest absolute Gasteiger partial charge is 0.244 e. The van der Waals surface area contributed by atoms with E-state index in [1.807, 2.05) is 48.5 Å². The first-order chi connectivity index (χ1) is 16.7. The van der Waals surface area contributed by atoms with E-state index >= 15 is 0 Å². The second-order valence-corrected chi connectivity index (χ2v) is 7.62. The van der Waals surface area contributed by atoms with Gasteiger partial charge in [-0.25, -0.2) is 5.43 Å². The van der Waals surface area contributed by atoms with E-state index in [-0.39, 0.29) is 12.3 Å². The predicted molar refractivity (Wildman–Crippen MR) is 134 cm³/mol. The number of amides is 1. The van der Waals surface area contributed by atoms with Crippen LogP contribution in [0, 0.1) is 0 Å². The SMILES string of the molecule is COc1ccc(CC(=O)N/N=C/c2ccccc2OCc2cccc3ccccc23)cc1OC. The molecule has 0 unspecified atom stereocenters. The number of hydrazone groups is 1. The van der Waals surface area contributed by atoms with Crippen LogP contribution in [0.2, 0.25) is 0 Å². The normalized spacial score (nSPS) is 10.9. The minimum Gasteiger partial charge on any atom is -0.493 e. The van der Waals surface area contributed by atoms with Crippen LogP contribution in [0.1, 0.15) is 16.7 Å². The molecule has 0 bridgehead atoms. The summed E-state index contributed by atoms with van der Waals surface area (Å²) >= 11 is 0. The van der Waals surface area contributed by atoms with Gasteiger partial charge >= 0.3 is 0 Å². The van der Waals surface area contributed by atoms with Crippen molar-refractivity contribution in [2.75, 3.05) is 14.2 Å². The van der Waals surface area contributed by atoms with Gasteiger partial charge in [-0.15, -0.1) is 0 Å². The van der Waals surface area contributed by atoms with Gasteiger partial charge in [0.05, 0.1) is 26.9 Å². The Balaban J connectivity index is 1.39. The van der Waals surface area contributed by atoms with Crippen LogP contribution in [0.25, 0.3) is 10.8 Å². The third-order valence-electron chi connectivity index (χ3n) is 5.39. The van der Waals surface area contributed by atoms with Gasteiger partial charge in [-0.05, 0) is 46.2 Å². The van der Waals surface area contributed by atoms with Gasteiger partial charge in [0.1, 0.15) is 12.4 Å². The van der Waals surface area contributed by atoms with E-state index in [1.54, 1.807) is 32.6 Å². The number of rotatable bonds is 9. The van der Waals surface area contributed by atoms with Crippen LogP contribution in [0.15, 0.2) is 90.0 Å². The van der Waals surface area contributed by atoms with Crippen LogP contribution in [0.5, 0.6) is 17.2 Å². The molecule has 0 aromatic heterocycles. The van der Waals surface area contributed by atoms with Gasteiger partial charge in [-0.1, -0.05) is 60.7 Å². The summed E-state index contributed by atoms with van der Waals surface area (Å²) in [5.41, 5.74) is 5.25. The van der Waals surface area contributed by atoms with Crippen molar-refractivity contribution in [2.24, 2.45) is 5.10 Å². The number of methoxy groups -OCH3 is 2. The molecule has 6 heteroatoms. The van der Waals surface area contributed by atoms with E-state index in [4.69, 9.17) is 14.2 Å². The number of ether oxygens (including phenoxy) is 3. The highest BCUT2D eigenvalue weighted by Gasteiger charge is 2.08. The number of carbonyl (C=O) groups excluding carboxylic acids is 1. The highest BCUT2D eigenvalue weighted by Crippen LogP contribution is 2.27. The lowest BCUT2D eigenvalue weighted by atomic mass is 10.1. The van der Waals surface area contributed by atoms with Crippen LogP contribution in [0.4, 0.5) is 0 Å². The zero-order chi connectivity index (χ0) is 23.8. The molecule has 0 saturated carbocycles. The summed E-state index contributed by atoms with van der Waals surface area (Å²) in [4.78, 5) is 12.3. The lowest BCUT2D eigenvalue weighted by molar-refractivity contribution is -0.120. The van der Waals surface area contributed by atoms with E-state index < -0.39 is 0 Å². The van der Waals surface area contributed by atoms with Gasteiger partial charge in [0.2, 0.25) is 5.91 Å². The molecular formula is C28H26N2O4. The first kappa shape index (κ1) is 22.9. The molecule has 4 aromatic carbocycles. The van der Waals surface area contributed by atoms with Gasteiger partial charge in [0, 0.05) is 5.56 Å². The third-order valence-corrected chi connectivity index (χ3v) is 5.39. The molecule has 0 heterocycles. The van der Waals surface area contributed by atoms with Crippen LogP contribution in [0.3, 0.4) is 0 Å². The quantitative estimate of drug-likeness (QED) is 0.281. The summed E-state index contributed by atoms with van der Waals surface area (Å²) in [6, 6.07) is 27.4. The zero-order valence-corrected chi connectivity index (χ0v) is 19.2. The van der Waals surface area contributed by atoms with Crippen molar-refractivity contribution >= 4 is 22.9 Å². The second kappa shape index (κ2) is 11.0. The Labute approximate surface area is 198 Å². The maximum Gasteiger partial charge on any atom is 0.244 e. The van der Waals surface area contributed by atoms with E-state index in [0.717, 1.165) is 16.7 Å². The molecule has 4 rings (SSSR count). The van der Waals surface area contributed by atoms with Crippen LogP contribution >= 0.6 is 0 Å². The topological polar surface area (TPSA) is 69.2 Å². The summed E-state index contributed by atoms with van der Waals surface area (Å²) in [7, 11) is 3.13. The molecule has 1 amide bonds. The van der Waals surface area contributed by atoms with E-state index in [9.17, 15) is 4.79 Å². The number of nitrogens with zero attached hydrogens (tertiary/aromatic N) is 1. The van der Waals surface area contributed by atoms with E-state index in [1.165, 1.54) is 10.8 Å². The number of carbonyl (C=O) groups is 1. The molecular weight excluding hydrogens is 428 g/mol. The van der Waals surface area contributed by atoms with E-state index in [0.29, 0.717) is 23.9 Å². The van der Waals surface area contributed by atoms with Crippen molar-refractivity contribution in [1.82, 2.24) is 5.43 Å². The van der Waals surface area contributed by atoms with Gasteiger partial charge in [-0.2, -0.15) is 5.10 Å². The zero-order valence-electron chi connectivity index (χ0n) is 19.2.